The maximum atomic E-state index is 13.7. The Morgan fingerprint density at radius 3 is 2.38 bits per heavy atom. The van der Waals surface area contributed by atoms with E-state index >= 15 is 0 Å². The molecule has 2 N–H and O–H groups in total. The van der Waals surface area contributed by atoms with Crippen LogP contribution in [0, 0.1) is 11.8 Å². The lowest BCUT2D eigenvalue weighted by Crippen LogP contribution is -2.49. The zero-order valence-electron chi connectivity index (χ0n) is 22.7. The van der Waals surface area contributed by atoms with Gasteiger partial charge in [-0.3, -0.25) is 19.2 Å². The Labute approximate surface area is 228 Å². The van der Waals surface area contributed by atoms with Gasteiger partial charge in [0, 0.05) is 18.4 Å². The van der Waals surface area contributed by atoms with Crippen molar-refractivity contribution in [1.29, 1.82) is 0 Å². The zero-order chi connectivity index (χ0) is 28.0. The molecule has 1 saturated heterocycles. The van der Waals surface area contributed by atoms with Gasteiger partial charge in [0.1, 0.15) is 11.4 Å². The minimum Gasteiger partial charge on any atom is -0.497 e. The third-order valence-electron chi connectivity index (χ3n) is 7.73. The van der Waals surface area contributed by atoms with Gasteiger partial charge in [-0.1, -0.05) is 43.0 Å². The highest BCUT2D eigenvalue weighted by molar-refractivity contribution is 5.99. The van der Waals surface area contributed by atoms with Crippen LogP contribution >= 0.6 is 0 Å². The largest absolute Gasteiger partial charge is 0.497 e. The van der Waals surface area contributed by atoms with Crippen molar-refractivity contribution in [3.05, 3.63) is 47.9 Å². The molecule has 10 nitrogen and oxygen atoms in total. The molecule has 2 fully saturated rings. The molecule has 1 aromatic heterocycles. The van der Waals surface area contributed by atoms with Gasteiger partial charge in [0.05, 0.1) is 32.0 Å². The van der Waals surface area contributed by atoms with E-state index < -0.39 is 29.5 Å². The summed E-state index contributed by atoms with van der Waals surface area (Å²) < 4.78 is 15.5. The molecule has 0 spiro atoms. The molecule has 210 valence electrons. The van der Waals surface area contributed by atoms with Crippen molar-refractivity contribution in [2.75, 3.05) is 13.7 Å². The van der Waals surface area contributed by atoms with Crippen LogP contribution in [0.2, 0.25) is 0 Å². The molecule has 1 aliphatic carbocycles. The first kappa shape index (κ1) is 28.5. The zero-order valence-corrected chi connectivity index (χ0v) is 22.7. The topological polar surface area (TPSA) is 140 Å². The normalized spacial score (nSPS) is 21.0. The van der Waals surface area contributed by atoms with Gasteiger partial charge in [-0.2, -0.15) is 0 Å². The number of rotatable bonds is 14. The van der Waals surface area contributed by atoms with Crippen molar-refractivity contribution in [1.82, 2.24) is 15.8 Å². The predicted octanol–water partition coefficient (Wildman–Crippen LogP) is 3.04. The molecule has 2 heterocycles. The standard InChI is InChI=1S/C29H37N3O7/c1-18(31-28(36)25-12-13-30-39-25)24(33)16-21(14-20-8-10-22(37-3)11-9-20)27(35)32-23(15-19-6-4-5-7-19)26(34)29(2)17-38-29/h8-13,18-19,21,23H,4-7,14-17H2,1-3H3,(H,31,36)(H,32,35). The minimum absolute atomic E-state index is 0.00812. The number of nitrogens with one attached hydrogen (secondary N) is 2. The molecule has 1 aromatic carbocycles. The van der Waals surface area contributed by atoms with Gasteiger partial charge in [-0.25, -0.2) is 0 Å². The van der Waals surface area contributed by atoms with E-state index in [1.54, 1.807) is 33.1 Å². The Bertz CT molecular complexity index is 1150. The van der Waals surface area contributed by atoms with Gasteiger partial charge in [-0.05, 0) is 50.3 Å². The van der Waals surface area contributed by atoms with Gasteiger partial charge in [0.2, 0.25) is 11.7 Å². The first-order chi connectivity index (χ1) is 18.7. The summed E-state index contributed by atoms with van der Waals surface area (Å²) in [7, 11) is 1.57. The maximum absolute atomic E-state index is 13.7. The average Bonchev–Trinajstić information content (AvgIpc) is 3.32. The molecule has 4 atom stereocenters. The number of carbonyl (C=O) groups is 4. The number of hydrogen-bond donors (Lipinski definition) is 2. The van der Waals surface area contributed by atoms with Crippen LogP contribution in [0.25, 0.3) is 0 Å². The summed E-state index contributed by atoms with van der Waals surface area (Å²) in [6, 6.07) is 7.15. The molecular formula is C29H37N3O7. The van der Waals surface area contributed by atoms with E-state index in [1.165, 1.54) is 12.3 Å². The number of epoxide rings is 1. The van der Waals surface area contributed by atoms with Crippen molar-refractivity contribution < 1.29 is 33.2 Å². The fourth-order valence-electron chi connectivity index (χ4n) is 5.12. The smallest absolute Gasteiger partial charge is 0.290 e. The second kappa shape index (κ2) is 12.5. The van der Waals surface area contributed by atoms with Gasteiger partial charge in [0.15, 0.2) is 11.6 Å². The monoisotopic (exact) mass is 539 g/mol. The van der Waals surface area contributed by atoms with E-state index in [0.717, 1.165) is 31.2 Å². The second-order valence-electron chi connectivity index (χ2n) is 10.8. The van der Waals surface area contributed by atoms with Crippen LogP contribution in [0.4, 0.5) is 0 Å². The van der Waals surface area contributed by atoms with Crippen LogP contribution in [0.5, 0.6) is 5.75 Å². The lowest BCUT2D eigenvalue weighted by Gasteiger charge is -2.26. The van der Waals surface area contributed by atoms with Crippen LogP contribution in [-0.4, -0.2) is 59.9 Å². The lowest BCUT2D eigenvalue weighted by atomic mass is 9.88. The quantitative estimate of drug-likeness (QED) is 0.349. The summed E-state index contributed by atoms with van der Waals surface area (Å²) in [5.74, 6) is -1.07. The fraction of sp³-hybridized carbons (Fsp3) is 0.552. The third kappa shape index (κ3) is 7.53. The van der Waals surface area contributed by atoms with Gasteiger partial charge in [0.25, 0.3) is 5.91 Å². The maximum Gasteiger partial charge on any atom is 0.290 e. The molecule has 39 heavy (non-hydrogen) atoms. The number of Topliss-reactive ketones (excluding diaryl/α,β-unsaturated/α-hetero) is 2. The van der Waals surface area contributed by atoms with E-state index in [4.69, 9.17) is 14.0 Å². The molecule has 1 aliphatic heterocycles. The Hall–Kier alpha value is -3.53. The van der Waals surface area contributed by atoms with Crippen LogP contribution in [0.3, 0.4) is 0 Å². The molecule has 1 saturated carbocycles. The Morgan fingerprint density at radius 1 is 1.10 bits per heavy atom. The van der Waals surface area contributed by atoms with Crippen LogP contribution in [0.15, 0.2) is 41.1 Å². The number of benzene rings is 1. The molecular weight excluding hydrogens is 502 g/mol. The average molecular weight is 540 g/mol. The van der Waals surface area contributed by atoms with Crippen molar-refractivity contribution in [2.24, 2.45) is 11.8 Å². The molecule has 2 aromatic rings. The predicted molar refractivity (Wildman–Crippen MR) is 141 cm³/mol. The molecule has 0 bridgehead atoms. The SMILES string of the molecule is COc1ccc(CC(CC(=O)C(C)NC(=O)c2ccno2)C(=O)NC(CC2CCCC2)C(=O)C2(C)CO2)cc1. The van der Waals surface area contributed by atoms with Crippen molar-refractivity contribution in [3.8, 4) is 5.75 Å². The summed E-state index contributed by atoms with van der Waals surface area (Å²) in [6.07, 6.45) is 6.39. The van der Waals surface area contributed by atoms with E-state index in [-0.39, 0.29) is 36.1 Å². The number of ketones is 2. The number of nitrogens with zero attached hydrogens (tertiary/aromatic N) is 1. The Balaban J connectivity index is 1.48. The number of aromatic nitrogens is 1. The minimum atomic E-state index is -0.864. The first-order valence-electron chi connectivity index (χ1n) is 13.5. The summed E-state index contributed by atoms with van der Waals surface area (Å²) in [5.41, 5.74) is -0.0181. The lowest BCUT2D eigenvalue weighted by molar-refractivity contribution is -0.134. The van der Waals surface area contributed by atoms with E-state index in [1.807, 2.05) is 12.1 Å². The van der Waals surface area contributed by atoms with Gasteiger partial charge >= 0.3 is 0 Å². The molecule has 10 heteroatoms. The number of ether oxygens (including phenoxy) is 2. The first-order valence-corrected chi connectivity index (χ1v) is 13.5. The Kier molecular flexibility index (Phi) is 9.16. The summed E-state index contributed by atoms with van der Waals surface area (Å²) in [5, 5.41) is 9.09. The third-order valence-corrected chi connectivity index (χ3v) is 7.73. The van der Waals surface area contributed by atoms with Crippen molar-refractivity contribution >= 4 is 23.4 Å². The fourth-order valence-corrected chi connectivity index (χ4v) is 5.12. The highest BCUT2D eigenvalue weighted by Crippen LogP contribution is 2.33. The molecule has 0 radical (unpaired) electrons. The van der Waals surface area contributed by atoms with E-state index in [2.05, 4.69) is 15.8 Å². The summed E-state index contributed by atoms with van der Waals surface area (Å²) in [4.78, 5) is 52.5. The molecule has 4 rings (SSSR count). The number of methoxy groups -OCH3 is 1. The second-order valence-corrected chi connectivity index (χ2v) is 10.8. The molecule has 2 amide bonds. The van der Waals surface area contributed by atoms with Crippen LogP contribution < -0.4 is 15.4 Å². The van der Waals surface area contributed by atoms with Crippen LogP contribution in [0.1, 0.15) is 68.5 Å². The van der Waals surface area contributed by atoms with E-state index in [0.29, 0.717) is 24.7 Å². The number of amides is 2. The number of carbonyl (C=O) groups excluding carboxylic acids is 4. The van der Waals surface area contributed by atoms with Crippen LogP contribution in [-0.2, 0) is 25.5 Å². The summed E-state index contributed by atoms with van der Waals surface area (Å²) in [6.45, 7) is 3.66. The highest BCUT2D eigenvalue weighted by Gasteiger charge is 2.50. The molecule has 2 aliphatic rings. The van der Waals surface area contributed by atoms with E-state index in [9.17, 15) is 19.2 Å². The van der Waals surface area contributed by atoms with Crippen molar-refractivity contribution in [3.63, 3.8) is 0 Å². The Morgan fingerprint density at radius 2 is 1.79 bits per heavy atom. The number of hydrogen-bond acceptors (Lipinski definition) is 8. The van der Waals surface area contributed by atoms with Gasteiger partial charge in [-0.15, -0.1) is 0 Å². The molecule has 4 unspecified atom stereocenters. The summed E-state index contributed by atoms with van der Waals surface area (Å²) >= 11 is 0. The highest BCUT2D eigenvalue weighted by atomic mass is 16.6. The van der Waals surface area contributed by atoms with Crippen molar-refractivity contribution in [2.45, 2.75) is 76.5 Å². The van der Waals surface area contributed by atoms with Gasteiger partial charge < -0.3 is 24.6 Å².